The van der Waals surface area contributed by atoms with E-state index >= 15 is 0 Å². The maximum absolute atomic E-state index is 13.2. The minimum atomic E-state index is -0.439. The van der Waals surface area contributed by atoms with Crippen LogP contribution in [0.3, 0.4) is 0 Å². The van der Waals surface area contributed by atoms with E-state index in [-0.39, 0.29) is 18.3 Å². The summed E-state index contributed by atoms with van der Waals surface area (Å²) < 4.78 is 19.2. The lowest BCUT2D eigenvalue weighted by Crippen LogP contribution is -2.24. The fourth-order valence-corrected chi connectivity index (χ4v) is 1.99. The minimum absolute atomic E-state index is 0.206. The van der Waals surface area contributed by atoms with Crippen LogP contribution in [0.5, 0.6) is 0 Å². The van der Waals surface area contributed by atoms with Gasteiger partial charge in [-0.2, -0.15) is 4.68 Å². The summed E-state index contributed by atoms with van der Waals surface area (Å²) >= 11 is 2.08. The van der Waals surface area contributed by atoms with E-state index < -0.39 is 11.7 Å². The van der Waals surface area contributed by atoms with Crippen LogP contribution < -0.4 is 5.73 Å². The number of nitrogens with two attached hydrogens (primary N) is 1. The molecule has 0 spiro atoms. The Morgan fingerprint density at radius 3 is 3.06 bits per heavy atom. The molecule has 5 nitrogen and oxygen atoms in total. The fraction of sp³-hybridized carbons (Fsp3) is 0.273. The number of fused-ring (bicyclic) bond motifs is 1. The van der Waals surface area contributed by atoms with Gasteiger partial charge in [-0.1, -0.05) is 6.92 Å². The average molecular weight is 263 g/mol. The predicted octanol–water partition coefficient (Wildman–Crippen LogP) is 1.13. The van der Waals surface area contributed by atoms with Crippen molar-refractivity contribution in [3.63, 3.8) is 0 Å². The van der Waals surface area contributed by atoms with E-state index in [1.54, 1.807) is 6.92 Å². The van der Waals surface area contributed by atoms with Crippen LogP contribution in [0.1, 0.15) is 11.7 Å². The Labute approximate surface area is 111 Å². The first-order valence-electron chi connectivity index (χ1n) is 5.34. The number of rotatable bonds is 3. The van der Waals surface area contributed by atoms with Gasteiger partial charge >= 0.3 is 16.6 Å². The highest BCUT2D eigenvalue weighted by Gasteiger charge is 2.19. The van der Waals surface area contributed by atoms with Crippen molar-refractivity contribution < 1.29 is 13.0 Å². The lowest BCUT2D eigenvalue weighted by molar-refractivity contribution is 0.0796. The molecule has 1 aromatic carbocycles. The summed E-state index contributed by atoms with van der Waals surface area (Å²) in [7, 11) is 0. The molecule has 0 aliphatic rings. The maximum atomic E-state index is 13.2. The van der Waals surface area contributed by atoms with Gasteiger partial charge < -0.3 is 9.52 Å². The third-order valence-corrected chi connectivity index (χ3v) is 2.84. The number of nitrogens with zero attached hydrogens (tertiary/aromatic N) is 2. The molecule has 2 rings (SSSR count). The lowest BCUT2D eigenvalue weighted by Gasteiger charge is -2.10. The Hall–Kier alpha value is -1.42. The number of hydrogen-bond acceptors (Lipinski definition) is 4. The summed E-state index contributed by atoms with van der Waals surface area (Å²) in [6.45, 7) is 1.94. The van der Waals surface area contributed by atoms with Crippen LogP contribution in [0.15, 0.2) is 18.2 Å². The molecule has 1 atom stereocenters. The normalized spacial score (nSPS) is 12.8. The van der Waals surface area contributed by atoms with Crippen molar-refractivity contribution >= 4 is 39.3 Å². The Kier molecular flexibility index (Phi) is 3.66. The van der Waals surface area contributed by atoms with Crippen molar-refractivity contribution in [2.45, 2.75) is 6.92 Å². The van der Waals surface area contributed by atoms with E-state index in [0.29, 0.717) is 10.9 Å². The second-order valence-electron chi connectivity index (χ2n) is 4.03. The Bertz CT molecular complexity index is 599. The molecular formula is C11H11AlFN3O2. The van der Waals surface area contributed by atoms with E-state index in [2.05, 4.69) is 21.7 Å². The van der Waals surface area contributed by atoms with Crippen molar-refractivity contribution in [2.75, 3.05) is 12.3 Å². The molecule has 0 saturated carbocycles. The zero-order valence-corrected chi connectivity index (χ0v) is 10.9. The van der Waals surface area contributed by atoms with E-state index in [9.17, 15) is 9.18 Å². The molecule has 0 saturated heterocycles. The first-order valence-corrected chi connectivity index (χ1v) is 5.81. The topological polar surface area (TPSA) is 70.1 Å². The molecule has 0 aliphatic heterocycles. The summed E-state index contributed by atoms with van der Waals surface area (Å²) in [6, 6.07) is 4.03. The number of carbonyl (C=O) groups excluding carboxylic acids is 1. The second-order valence-corrected chi connectivity index (χ2v) is 4.36. The molecule has 2 aromatic rings. The van der Waals surface area contributed by atoms with Crippen molar-refractivity contribution in [2.24, 2.45) is 5.92 Å². The van der Waals surface area contributed by atoms with Crippen LogP contribution in [0.4, 0.5) is 10.2 Å². The molecule has 0 fully saturated rings. The summed E-state index contributed by atoms with van der Waals surface area (Å²) in [5, 5.41) is 4.51. The SMILES string of the molecule is C[C@H](C[O][Al])C(=O)n1nc(N)c2ccc(F)cc21. The first-order chi connectivity index (χ1) is 8.54. The first kappa shape index (κ1) is 13.0. The molecule has 1 heterocycles. The molecule has 18 heavy (non-hydrogen) atoms. The van der Waals surface area contributed by atoms with Gasteiger partial charge in [-0.25, -0.2) is 4.39 Å². The number of benzene rings is 1. The van der Waals surface area contributed by atoms with Gasteiger partial charge in [-0.15, -0.1) is 5.10 Å². The smallest absolute Gasteiger partial charge is 0.369 e. The number of aromatic nitrogens is 2. The molecule has 2 N–H and O–H groups in total. The van der Waals surface area contributed by atoms with E-state index in [0.717, 1.165) is 4.68 Å². The number of nitrogen functional groups attached to an aromatic ring is 1. The highest BCUT2D eigenvalue weighted by Crippen LogP contribution is 2.22. The Morgan fingerprint density at radius 1 is 1.67 bits per heavy atom. The van der Waals surface area contributed by atoms with E-state index in [1.165, 1.54) is 18.2 Å². The van der Waals surface area contributed by atoms with Crippen LogP contribution >= 0.6 is 0 Å². The Balaban J connectivity index is 2.51. The highest BCUT2D eigenvalue weighted by atomic mass is 27.1. The molecule has 2 radical (unpaired) electrons. The molecule has 1 aromatic heterocycles. The maximum Gasteiger partial charge on any atom is 0.369 e. The number of halogens is 1. The quantitative estimate of drug-likeness (QED) is 0.843. The van der Waals surface area contributed by atoms with Crippen LogP contribution in [0, 0.1) is 11.7 Å². The fourth-order valence-electron chi connectivity index (χ4n) is 1.70. The number of carbonyl (C=O) groups is 1. The molecule has 7 heteroatoms. The summed E-state index contributed by atoms with van der Waals surface area (Å²) in [5.74, 6) is -0.915. The summed E-state index contributed by atoms with van der Waals surface area (Å²) in [6.07, 6.45) is 0. The van der Waals surface area contributed by atoms with E-state index in [1.807, 2.05) is 0 Å². The number of anilines is 1. The van der Waals surface area contributed by atoms with Gasteiger partial charge in [0.2, 0.25) is 0 Å². The van der Waals surface area contributed by atoms with Crippen LogP contribution in [-0.2, 0) is 3.79 Å². The molecule has 0 bridgehead atoms. The van der Waals surface area contributed by atoms with Gasteiger partial charge in [0, 0.05) is 18.1 Å². The van der Waals surface area contributed by atoms with Crippen molar-refractivity contribution in [3.05, 3.63) is 24.0 Å². The van der Waals surface area contributed by atoms with Gasteiger partial charge in [0.05, 0.1) is 11.4 Å². The summed E-state index contributed by atoms with van der Waals surface area (Å²) in [4.78, 5) is 12.1. The van der Waals surface area contributed by atoms with Crippen molar-refractivity contribution in [1.82, 2.24) is 9.78 Å². The third-order valence-electron chi connectivity index (χ3n) is 2.65. The third kappa shape index (κ3) is 2.25. The van der Waals surface area contributed by atoms with Crippen molar-refractivity contribution in [1.29, 1.82) is 0 Å². The number of hydrogen-bond donors (Lipinski definition) is 1. The standard InChI is InChI=1S/C11H11FN3O2.Al/c1-6(5-16)11(17)15-9-4-7(12)2-3-8(9)10(13)14-15;/h2-4,6H,5H2,1H3,(H2,13,14);/q-1;+1/t6-;/m1./s1. The van der Waals surface area contributed by atoms with Crippen LogP contribution in [0.25, 0.3) is 10.9 Å². The molecule has 0 unspecified atom stereocenters. The van der Waals surface area contributed by atoms with Gasteiger partial charge in [-0.3, -0.25) is 4.79 Å². The van der Waals surface area contributed by atoms with Gasteiger partial charge in [0.1, 0.15) is 5.82 Å². The lowest BCUT2D eigenvalue weighted by atomic mass is 10.2. The highest BCUT2D eigenvalue weighted by molar-refractivity contribution is 5.99. The molecule has 92 valence electrons. The second kappa shape index (κ2) is 5.06. The minimum Gasteiger partial charge on any atom is -0.515 e. The summed E-state index contributed by atoms with van der Waals surface area (Å²) in [5.41, 5.74) is 6.07. The van der Waals surface area contributed by atoms with Crippen LogP contribution in [-0.4, -0.2) is 38.9 Å². The molecular weight excluding hydrogens is 252 g/mol. The molecule has 0 amide bonds. The Morgan fingerprint density at radius 2 is 2.39 bits per heavy atom. The average Bonchev–Trinajstić information content (AvgIpc) is 2.65. The monoisotopic (exact) mass is 263 g/mol. The van der Waals surface area contributed by atoms with Gasteiger partial charge in [-0.05, 0) is 12.1 Å². The zero-order chi connectivity index (χ0) is 13.3. The largest absolute Gasteiger partial charge is 0.515 e. The van der Waals surface area contributed by atoms with Crippen LogP contribution in [0.2, 0.25) is 0 Å². The van der Waals surface area contributed by atoms with Crippen molar-refractivity contribution in [3.8, 4) is 0 Å². The van der Waals surface area contributed by atoms with Gasteiger partial charge in [0.15, 0.2) is 5.82 Å². The zero-order valence-electron chi connectivity index (χ0n) is 9.76. The van der Waals surface area contributed by atoms with Gasteiger partial charge in [0.25, 0.3) is 5.91 Å². The predicted molar refractivity (Wildman–Crippen MR) is 65.6 cm³/mol. The van der Waals surface area contributed by atoms with E-state index in [4.69, 9.17) is 9.52 Å². The molecule has 0 aliphatic carbocycles.